The highest BCUT2D eigenvalue weighted by molar-refractivity contribution is 6.30. The van der Waals surface area contributed by atoms with Crippen LogP contribution in [0.5, 0.6) is 5.75 Å². The molecular formula is C22H20ClFN4O6. The highest BCUT2D eigenvalue weighted by atomic mass is 35.5. The first-order valence-electron chi connectivity index (χ1n) is 10.2. The van der Waals surface area contributed by atoms with Gasteiger partial charge in [0.05, 0.1) is 18.7 Å². The molecule has 1 fully saturated rings. The fraction of sp³-hybridized carbons (Fsp3) is 0.273. The molecule has 10 nitrogen and oxygen atoms in total. The second-order valence-electron chi connectivity index (χ2n) is 7.49. The van der Waals surface area contributed by atoms with E-state index in [1.54, 1.807) is 24.3 Å². The normalized spacial score (nSPS) is 17.9. The fourth-order valence-electron chi connectivity index (χ4n) is 3.32. The van der Waals surface area contributed by atoms with Gasteiger partial charge in [-0.25, -0.2) is 9.37 Å². The SMILES string of the molecule is NC(=O)C1COC(COc2c(F)ccc3nc(C(=O)NCc4cccc(Cl)c4)[nH]c(=O)c23)CO1. The molecule has 34 heavy (non-hydrogen) atoms. The number of carbonyl (C=O) groups is 2. The molecule has 4 N–H and O–H groups in total. The number of nitrogens with two attached hydrogens (primary N) is 1. The van der Waals surface area contributed by atoms with Crippen molar-refractivity contribution in [3.05, 3.63) is 69.0 Å². The van der Waals surface area contributed by atoms with E-state index in [0.29, 0.717) is 5.02 Å². The van der Waals surface area contributed by atoms with Crippen molar-refractivity contribution in [2.75, 3.05) is 19.8 Å². The number of halogens is 2. The van der Waals surface area contributed by atoms with E-state index >= 15 is 0 Å². The molecule has 1 saturated heterocycles. The maximum absolute atomic E-state index is 14.5. The molecule has 4 rings (SSSR count). The zero-order chi connectivity index (χ0) is 24.2. The molecule has 178 valence electrons. The largest absolute Gasteiger partial charge is 0.487 e. The number of benzene rings is 2. The van der Waals surface area contributed by atoms with Crippen LogP contribution in [0.3, 0.4) is 0 Å². The van der Waals surface area contributed by atoms with Gasteiger partial charge in [0.15, 0.2) is 23.5 Å². The second-order valence-corrected chi connectivity index (χ2v) is 7.92. The van der Waals surface area contributed by atoms with E-state index in [-0.39, 0.29) is 48.8 Å². The lowest BCUT2D eigenvalue weighted by Crippen LogP contribution is -2.45. The van der Waals surface area contributed by atoms with Crippen LogP contribution >= 0.6 is 11.6 Å². The first-order chi connectivity index (χ1) is 16.3. The third-order valence-electron chi connectivity index (χ3n) is 5.03. The Balaban J connectivity index is 1.49. The molecule has 2 heterocycles. The van der Waals surface area contributed by atoms with Crippen molar-refractivity contribution in [1.82, 2.24) is 15.3 Å². The molecule has 12 heteroatoms. The zero-order valence-corrected chi connectivity index (χ0v) is 18.4. The monoisotopic (exact) mass is 490 g/mol. The minimum absolute atomic E-state index is 0.00550. The number of aromatic nitrogens is 2. The maximum atomic E-state index is 14.5. The van der Waals surface area contributed by atoms with Gasteiger partial charge in [0.1, 0.15) is 18.1 Å². The number of hydrogen-bond donors (Lipinski definition) is 3. The molecule has 0 radical (unpaired) electrons. The predicted molar refractivity (Wildman–Crippen MR) is 119 cm³/mol. The van der Waals surface area contributed by atoms with Crippen LogP contribution in [-0.2, 0) is 20.8 Å². The molecule has 1 aliphatic heterocycles. The lowest BCUT2D eigenvalue weighted by molar-refractivity contribution is -0.161. The molecule has 2 aromatic carbocycles. The zero-order valence-electron chi connectivity index (χ0n) is 17.7. The van der Waals surface area contributed by atoms with Gasteiger partial charge in [-0.15, -0.1) is 0 Å². The van der Waals surface area contributed by atoms with Crippen molar-refractivity contribution >= 4 is 34.3 Å². The van der Waals surface area contributed by atoms with Crippen molar-refractivity contribution in [2.24, 2.45) is 5.73 Å². The van der Waals surface area contributed by atoms with Crippen LogP contribution in [0, 0.1) is 5.82 Å². The predicted octanol–water partition coefficient (Wildman–Crippen LogP) is 1.29. The Hall–Kier alpha value is -3.54. The summed E-state index contributed by atoms with van der Waals surface area (Å²) >= 11 is 5.94. The quantitative estimate of drug-likeness (QED) is 0.452. The van der Waals surface area contributed by atoms with E-state index in [4.69, 9.17) is 31.5 Å². The second kappa shape index (κ2) is 10.2. The standard InChI is InChI=1S/C22H20ClFN4O6/c23-12-3-1-2-11(6-12)7-26-22(31)20-27-15-5-4-14(24)18(17(15)21(30)28-20)34-9-13-8-33-16(10-32-13)19(25)29/h1-6,13,16H,7-10H2,(H2,25,29)(H,26,31)(H,27,28,30). The number of fused-ring (bicyclic) bond motifs is 1. The van der Waals surface area contributed by atoms with Crippen LogP contribution in [0.15, 0.2) is 41.2 Å². The number of amides is 2. The fourth-order valence-corrected chi connectivity index (χ4v) is 3.53. The molecule has 1 aliphatic rings. The lowest BCUT2D eigenvalue weighted by Gasteiger charge is -2.27. The summed E-state index contributed by atoms with van der Waals surface area (Å²) in [4.78, 5) is 42.9. The van der Waals surface area contributed by atoms with Crippen LogP contribution in [0.2, 0.25) is 5.02 Å². The van der Waals surface area contributed by atoms with Crippen LogP contribution < -0.4 is 21.3 Å². The minimum atomic E-state index is -0.860. The van der Waals surface area contributed by atoms with E-state index in [0.717, 1.165) is 11.6 Å². The van der Waals surface area contributed by atoms with E-state index in [1.807, 2.05) is 0 Å². The number of nitrogens with zero attached hydrogens (tertiary/aromatic N) is 1. The van der Waals surface area contributed by atoms with E-state index in [1.165, 1.54) is 6.07 Å². The summed E-state index contributed by atoms with van der Waals surface area (Å²) < 4.78 is 30.7. The summed E-state index contributed by atoms with van der Waals surface area (Å²) in [5.74, 6) is -2.63. The molecule has 2 atom stereocenters. The van der Waals surface area contributed by atoms with Gasteiger partial charge in [-0.3, -0.25) is 14.4 Å². The molecule has 2 unspecified atom stereocenters. The van der Waals surface area contributed by atoms with E-state index in [9.17, 15) is 18.8 Å². The minimum Gasteiger partial charge on any atom is -0.487 e. The molecule has 0 bridgehead atoms. The Morgan fingerprint density at radius 2 is 2.09 bits per heavy atom. The average molecular weight is 491 g/mol. The first-order valence-corrected chi connectivity index (χ1v) is 10.6. The number of hydrogen-bond acceptors (Lipinski definition) is 7. The van der Waals surface area contributed by atoms with Gasteiger partial charge in [0.25, 0.3) is 11.5 Å². The summed E-state index contributed by atoms with van der Waals surface area (Å²) in [6, 6.07) is 9.29. The third kappa shape index (κ3) is 5.33. The Morgan fingerprint density at radius 3 is 2.79 bits per heavy atom. The highest BCUT2D eigenvalue weighted by Gasteiger charge is 2.27. The molecule has 0 saturated carbocycles. The first kappa shape index (κ1) is 23.6. The molecule has 0 spiro atoms. The van der Waals surface area contributed by atoms with Crippen molar-refractivity contribution in [1.29, 1.82) is 0 Å². The van der Waals surface area contributed by atoms with Gasteiger partial charge in [-0.1, -0.05) is 23.7 Å². The molecule has 3 aromatic rings. The number of nitrogens with one attached hydrogen (secondary N) is 2. The van der Waals surface area contributed by atoms with Gasteiger partial charge >= 0.3 is 0 Å². The summed E-state index contributed by atoms with van der Waals surface area (Å²) in [5.41, 5.74) is 5.25. The Morgan fingerprint density at radius 1 is 1.26 bits per heavy atom. The molecule has 1 aromatic heterocycles. The van der Waals surface area contributed by atoms with Crippen molar-refractivity contribution in [3.63, 3.8) is 0 Å². The van der Waals surface area contributed by atoms with Crippen molar-refractivity contribution in [2.45, 2.75) is 18.8 Å². The van der Waals surface area contributed by atoms with Crippen LogP contribution in [0.4, 0.5) is 4.39 Å². The van der Waals surface area contributed by atoms with E-state index < -0.39 is 35.4 Å². The van der Waals surface area contributed by atoms with E-state index in [2.05, 4.69) is 15.3 Å². The summed E-state index contributed by atoms with van der Waals surface area (Å²) in [6.07, 6.45) is -1.46. The van der Waals surface area contributed by atoms with Gasteiger partial charge in [0, 0.05) is 11.6 Å². The van der Waals surface area contributed by atoms with Gasteiger partial charge in [-0.05, 0) is 29.8 Å². The molecular weight excluding hydrogens is 471 g/mol. The maximum Gasteiger partial charge on any atom is 0.287 e. The smallest absolute Gasteiger partial charge is 0.287 e. The van der Waals surface area contributed by atoms with Gasteiger partial charge in [-0.2, -0.15) is 0 Å². The third-order valence-corrected chi connectivity index (χ3v) is 5.27. The topological polar surface area (TPSA) is 146 Å². The van der Waals surface area contributed by atoms with Crippen LogP contribution in [-0.4, -0.2) is 53.8 Å². The number of primary amides is 1. The van der Waals surface area contributed by atoms with Crippen molar-refractivity contribution in [3.8, 4) is 5.75 Å². The van der Waals surface area contributed by atoms with Crippen molar-refractivity contribution < 1.29 is 28.2 Å². The summed E-state index contributed by atoms with van der Waals surface area (Å²) in [7, 11) is 0. The number of carbonyl (C=O) groups excluding carboxylic acids is 2. The highest BCUT2D eigenvalue weighted by Crippen LogP contribution is 2.26. The molecule has 0 aliphatic carbocycles. The Kier molecular flexibility index (Phi) is 7.06. The van der Waals surface area contributed by atoms with Crippen LogP contribution in [0.25, 0.3) is 10.9 Å². The number of ether oxygens (including phenoxy) is 3. The Bertz CT molecular complexity index is 1290. The summed E-state index contributed by atoms with van der Waals surface area (Å²) in [6.45, 7) is -0.0372. The number of rotatable bonds is 7. The average Bonchev–Trinajstić information content (AvgIpc) is 2.82. The number of aromatic amines is 1. The summed E-state index contributed by atoms with van der Waals surface area (Å²) in [5, 5.41) is 3.01. The molecule has 2 amide bonds. The number of H-pyrrole nitrogens is 1. The Labute approximate surface area is 197 Å². The van der Waals surface area contributed by atoms with Gasteiger partial charge in [0.2, 0.25) is 5.91 Å². The van der Waals surface area contributed by atoms with Crippen LogP contribution in [0.1, 0.15) is 16.2 Å². The lowest BCUT2D eigenvalue weighted by atomic mass is 10.2. The van der Waals surface area contributed by atoms with Gasteiger partial charge < -0.3 is 30.2 Å².